The number of carboxylic acids is 1. The van der Waals surface area contributed by atoms with Gasteiger partial charge in [0.25, 0.3) is 0 Å². The second-order valence-electron chi connectivity index (χ2n) is 3.92. The number of benzene rings is 1. The van der Waals surface area contributed by atoms with Gasteiger partial charge in [-0.2, -0.15) is 0 Å². The highest BCUT2D eigenvalue weighted by Crippen LogP contribution is 2.22. The van der Waals surface area contributed by atoms with Crippen molar-refractivity contribution >= 4 is 11.7 Å². The summed E-state index contributed by atoms with van der Waals surface area (Å²) in [5.41, 5.74) is 0.566. The lowest BCUT2D eigenvalue weighted by molar-refractivity contribution is 0.0697. The zero-order valence-corrected chi connectivity index (χ0v) is 9.36. The largest absolute Gasteiger partial charge is 0.478 e. The molecule has 1 aromatic rings. The molecule has 0 spiro atoms. The molecular weight excluding hydrogens is 225 g/mol. The first kappa shape index (κ1) is 11.9. The highest BCUT2D eigenvalue weighted by atomic mass is 19.1. The van der Waals surface area contributed by atoms with Crippen LogP contribution < -0.4 is 4.90 Å². The van der Waals surface area contributed by atoms with Crippen LogP contribution in [-0.4, -0.2) is 37.4 Å². The number of anilines is 1. The van der Waals surface area contributed by atoms with E-state index in [-0.39, 0.29) is 5.56 Å². The Bertz CT molecular complexity index is 414. The lowest BCUT2D eigenvalue weighted by Crippen LogP contribution is -2.27. The molecule has 92 valence electrons. The van der Waals surface area contributed by atoms with Crippen LogP contribution in [0.3, 0.4) is 0 Å². The van der Waals surface area contributed by atoms with Crippen molar-refractivity contribution in [2.45, 2.75) is 6.42 Å². The van der Waals surface area contributed by atoms with E-state index in [4.69, 9.17) is 9.84 Å². The van der Waals surface area contributed by atoms with Crippen LogP contribution in [0.5, 0.6) is 0 Å². The number of aromatic carboxylic acids is 1. The van der Waals surface area contributed by atoms with Gasteiger partial charge < -0.3 is 14.7 Å². The molecule has 1 N–H and O–H groups in total. The minimum atomic E-state index is -1.11. The molecule has 0 amide bonds. The monoisotopic (exact) mass is 239 g/mol. The van der Waals surface area contributed by atoms with Gasteiger partial charge in [0, 0.05) is 19.7 Å². The molecule has 1 heterocycles. The Morgan fingerprint density at radius 1 is 1.35 bits per heavy atom. The van der Waals surface area contributed by atoms with E-state index >= 15 is 0 Å². The third-order valence-electron chi connectivity index (χ3n) is 2.75. The molecule has 0 radical (unpaired) electrons. The van der Waals surface area contributed by atoms with E-state index in [9.17, 15) is 9.18 Å². The summed E-state index contributed by atoms with van der Waals surface area (Å²) in [5.74, 6) is -1.64. The summed E-state index contributed by atoms with van der Waals surface area (Å²) in [5, 5.41) is 9.07. The van der Waals surface area contributed by atoms with Gasteiger partial charge in [0.2, 0.25) is 0 Å². The van der Waals surface area contributed by atoms with Crippen LogP contribution in [0.2, 0.25) is 0 Å². The summed E-state index contributed by atoms with van der Waals surface area (Å²) in [6.45, 7) is 2.61. The molecule has 2 rings (SSSR count). The molecule has 0 bridgehead atoms. The number of nitrogens with zero attached hydrogens (tertiary/aromatic N) is 1. The van der Waals surface area contributed by atoms with Gasteiger partial charge in [0.1, 0.15) is 5.82 Å². The van der Waals surface area contributed by atoms with Crippen LogP contribution in [0.4, 0.5) is 10.1 Å². The number of hydrogen-bond donors (Lipinski definition) is 1. The van der Waals surface area contributed by atoms with Crippen molar-refractivity contribution < 1.29 is 19.0 Å². The fraction of sp³-hybridized carbons (Fsp3) is 0.417. The van der Waals surface area contributed by atoms with Crippen LogP contribution in [0.15, 0.2) is 18.2 Å². The average Bonchev–Trinajstić information content (AvgIpc) is 2.57. The number of halogens is 1. The first-order valence-electron chi connectivity index (χ1n) is 5.54. The van der Waals surface area contributed by atoms with Crippen LogP contribution >= 0.6 is 0 Å². The van der Waals surface area contributed by atoms with E-state index in [1.807, 2.05) is 4.90 Å². The molecule has 1 saturated heterocycles. The molecular formula is C12H14FNO3. The highest BCUT2D eigenvalue weighted by molar-refractivity contribution is 5.94. The second-order valence-corrected chi connectivity index (χ2v) is 3.92. The predicted molar refractivity (Wildman–Crippen MR) is 61.0 cm³/mol. The van der Waals surface area contributed by atoms with Gasteiger partial charge in [-0.25, -0.2) is 9.18 Å². The summed E-state index contributed by atoms with van der Waals surface area (Å²) < 4.78 is 18.4. The maximum atomic E-state index is 13.0. The van der Waals surface area contributed by atoms with Gasteiger partial charge in [-0.3, -0.25) is 0 Å². The van der Waals surface area contributed by atoms with Crippen LogP contribution in [0.25, 0.3) is 0 Å². The standard InChI is InChI=1S/C12H14FNO3/c13-9-2-3-11(10(8-9)12(15)16)14-4-1-6-17-7-5-14/h2-3,8H,1,4-7H2,(H,15,16). The Kier molecular flexibility index (Phi) is 3.58. The third-order valence-corrected chi connectivity index (χ3v) is 2.75. The molecule has 1 aliphatic heterocycles. The molecule has 4 nitrogen and oxygen atoms in total. The summed E-state index contributed by atoms with van der Waals surface area (Å²) in [6, 6.07) is 3.86. The summed E-state index contributed by atoms with van der Waals surface area (Å²) >= 11 is 0. The number of carboxylic acid groups (broad SMARTS) is 1. The lowest BCUT2D eigenvalue weighted by atomic mass is 10.1. The van der Waals surface area contributed by atoms with Gasteiger partial charge in [-0.05, 0) is 24.6 Å². The summed E-state index contributed by atoms with van der Waals surface area (Å²) in [6.07, 6.45) is 0.844. The van der Waals surface area contributed by atoms with Crippen molar-refractivity contribution in [2.24, 2.45) is 0 Å². The zero-order valence-electron chi connectivity index (χ0n) is 9.36. The Hall–Kier alpha value is -1.62. The maximum Gasteiger partial charge on any atom is 0.337 e. The van der Waals surface area contributed by atoms with Gasteiger partial charge in [-0.1, -0.05) is 0 Å². The molecule has 0 unspecified atom stereocenters. The molecule has 0 saturated carbocycles. The highest BCUT2D eigenvalue weighted by Gasteiger charge is 2.18. The molecule has 1 aromatic carbocycles. The summed E-state index contributed by atoms with van der Waals surface area (Å²) in [4.78, 5) is 13.0. The molecule has 1 aliphatic rings. The Morgan fingerprint density at radius 2 is 2.18 bits per heavy atom. The van der Waals surface area contributed by atoms with E-state index in [2.05, 4.69) is 0 Å². The topological polar surface area (TPSA) is 49.8 Å². The van der Waals surface area contributed by atoms with Crippen molar-refractivity contribution in [1.82, 2.24) is 0 Å². The quantitative estimate of drug-likeness (QED) is 0.854. The van der Waals surface area contributed by atoms with E-state index in [0.29, 0.717) is 25.4 Å². The lowest BCUT2D eigenvalue weighted by Gasteiger charge is -2.23. The van der Waals surface area contributed by atoms with Crippen molar-refractivity contribution in [3.05, 3.63) is 29.6 Å². The average molecular weight is 239 g/mol. The van der Waals surface area contributed by atoms with E-state index in [1.165, 1.54) is 12.1 Å². The van der Waals surface area contributed by atoms with Crippen molar-refractivity contribution in [3.63, 3.8) is 0 Å². The minimum absolute atomic E-state index is 0.00639. The van der Waals surface area contributed by atoms with Crippen LogP contribution in [0, 0.1) is 5.82 Å². The molecule has 1 fully saturated rings. The molecule has 17 heavy (non-hydrogen) atoms. The van der Waals surface area contributed by atoms with Gasteiger partial charge in [0.05, 0.1) is 17.9 Å². The van der Waals surface area contributed by atoms with Crippen molar-refractivity contribution in [1.29, 1.82) is 0 Å². The molecule has 0 atom stereocenters. The normalized spacial score (nSPS) is 16.6. The Labute approximate surface area is 98.6 Å². The first-order valence-corrected chi connectivity index (χ1v) is 5.54. The maximum absolute atomic E-state index is 13.0. The fourth-order valence-electron chi connectivity index (χ4n) is 1.94. The van der Waals surface area contributed by atoms with E-state index in [1.54, 1.807) is 0 Å². The van der Waals surface area contributed by atoms with E-state index in [0.717, 1.165) is 19.0 Å². The fourth-order valence-corrected chi connectivity index (χ4v) is 1.94. The Morgan fingerprint density at radius 3 is 2.94 bits per heavy atom. The smallest absolute Gasteiger partial charge is 0.337 e. The second kappa shape index (κ2) is 5.14. The minimum Gasteiger partial charge on any atom is -0.478 e. The van der Waals surface area contributed by atoms with Crippen molar-refractivity contribution in [2.75, 3.05) is 31.2 Å². The Balaban J connectivity index is 2.32. The van der Waals surface area contributed by atoms with Crippen LogP contribution in [0.1, 0.15) is 16.8 Å². The number of rotatable bonds is 2. The number of hydrogen-bond acceptors (Lipinski definition) is 3. The zero-order chi connectivity index (χ0) is 12.3. The number of ether oxygens (including phenoxy) is 1. The number of carbonyl (C=O) groups is 1. The van der Waals surface area contributed by atoms with E-state index < -0.39 is 11.8 Å². The van der Waals surface area contributed by atoms with Gasteiger partial charge >= 0.3 is 5.97 Å². The first-order chi connectivity index (χ1) is 8.18. The molecule has 0 aromatic heterocycles. The van der Waals surface area contributed by atoms with Gasteiger partial charge in [0.15, 0.2) is 0 Å². The van der Waals surface area contributed by atoms with Crippen LogP contribution in [-0.2, 0) is 4.74 Å². The van der Waals surface area contributed by atoms with Crippen molar-refractivity contribution in [3.8, 4) is 0 Å². The predicted octanol–water partition coefficient (Wildman–Crippen LogP) is 1.75. The molecule has 0 aliphatic carbocycles. The SMILES string of the molecule is O=C(O)c1cc(F)ccc1N1CCCOCC1. The summed E-state index contributed by atoms with van der Waals surface area (Å²) in [7, 11) is 0. The molecule has 5 heteroatoms. The third kappa shape index (κ3) is 2.74. The van der Waals surface area contributed by atoms with Gasteiger partial charge in [-0.15, -0.1) is 0 Å².